The first kappa shape index (κ1) is 63.9. The number of carbonyl (C=O) groups is 10. The Hall–Kier alpha value is -5.97. The number of amides is 8. The number of hydrogen-bond acceptors (Lipinski definition) is 15. The van der Waals surface area contributed by atoms with Gasteiger partial charge < -0.3 is 60.6 Å². The van der Waals surface area contributed by atoms with E-state index in [-0.39, 0.29) is 79.8 Å². The molecule has 0 spiro atoms. The summed E-state index contributed by atoms with van der Waals surface area (Å²) in [4.78, 5) is 146. The second kappa shape index (κ2) is 28.4. The van der Waals surface area contributed by atoms with Crippen molar-refractivity contribution < 1.29 is 67.3 Å². The second-order valence-corrected chi connectivity index (χ2v) is 24.2. The minimum atomic E-state index is -1.72. The number of likely N-dealkylation sites (N-methyl/N-ethyl adjacent to an activating group) is 2. The molecular weight excluding hydrogens is 1040 g/mol. The van der Waals surface area contributed by atoms with Crippen LogP contribution in [-0.2, 0) is 59.0 Å². The van der Waals surface area contributed by atoms with Gasteiger partial charge in [-0.15, -0.1) is 0 Å². The van der Waals surface area contributed by atoms with Crippen molar-refractivity contribution in [3.63, 3.8) is 0 Å². The number of fused-ring (bicyclic) bond motifs is 2. The molecule has 14 atom stereocenters. The summed E-state index contributed by atoms with van der Waals surface area (Å²) in [5, 5.41) is 25.6. The van der Waals surface area contributed by atoms with Crippen LogP contribution >= 0.6 is 11.8 Å². The third-order valence-electron chi connectivity index (χ3n) is 15.7. The van der Waals surface area contributed by atoms with Gasteiger partial charge in [-0.1, -0.05) is 73.9 Å². The average molecular weight is 1130 g/mol. The number of ketones is 1. The summed E-state index contributed by atoms with van der Waals surface area (Å²) in [6, 6.07) is -1.69. The fraction of sp³-hybridized carbons (Fsp3) is 0.714. The van der Waals surface area contributed by atoms with E-state index in [9.17, 15) is 48.3 Å². The number of esters is 2. The van der Waals surface area contributed by atoms with Gasteiger partial charge in [-0.05, 0) is 80.9 Å². The number of cyclic esters (lactones) is 2. The highest BCUT2D eigenvalue weighted by atomic mass is 32.2. The van der Waals surface area contributed by atoms with Gasteiger partial charge in [0.2, 0.25) is 35.4 Å². The molecule has 0 aromatic heterocycles. The number of thioether (sulfide) groups is 1. The molecule has 79 heavy (non-hydrogen) atoms. The van der Waals surface area contributed by atoms with Crippen LogP contribution in [0.5, 0.6) is 5.75 Å². The molecule has 8 amide bonds. The molecule has 1 aromatic rings. The zero-order valence-electron chi connectivity index (χ0n) is 48.2. The summed E-state index contributed by atoms with van der Waals surface area (Å²) < 4.78 is 17.3. The van der Waals surface area contributed by atoms with E-state index in [1.807, 2.05) is 27.7 Å². The fourth-order valence-electron chi connectivity index (χ4n) is 10.7. The van der Waals surface area contributed by atoms with Crippen molar-refractivity contribution >= 4 is 71.0 Å². The Morgan fingerprint density at radius 1 is 0.899 bits per heavy atom. The lowest BCUT2D eigenvalue weighted by Crippen LogP contribution is -2.61. The molecule has 1 aromatic carbocycles. The van der Waals surface area contributed by atoms with Gasteiger partial charge in [0.05, 0.1) is 43.7 Å². The van der Waals surface area contributed by atoms with E-state index >= 15 is 4.79 Å². The van der Waals surface area contributed by atoms with Crippen LogP contribution in [-0.4, -0.2) is 184 Å². The number of Topliss-reactive ketones (excluding diaryl/α,β-unsaturated/α-hetero) is 1. The quantitative estimate of drug-likeness (QED) is 0.0836. The molecular formula is C56H86N8O14S. The highest BCUT2D eigenvalue weighted by molar-refractivity contribution is 8.00. The maximum absolute atomic E-state index is 15.0. The maximum atomic E-state index is 15.0. The molecule has 4 heterocycles. The van der Waals surface area contributed by atoms with Crippen LogP contribution in [0.1, 0.15) is 120 Å². The molecule has 5 rings (SSSR count). The molecule has 23 heteroatoms. The van der Waals surface area contributed by atoms with Crippen LogP contribution in [0.25, 0.3) is 0 Å². The zero-order chi connectivity index (χ0) is 58.7. The molecule has 0 bridgehead atoms. The van der Waals surface area contributed by atoms with Gasteiger partial charge >= 0.3 is 18.0 Å². The third-order valence-corrected chi connectivity index (χ3v) is 17.1. The zero-order valence-corrected chi connectivity index (χ0v) is 49.0. The molecule has 0 radical (unpaired) electrons. The lowest BCUT2D eigenvalue weighted by Gasteiger charge is -2.36. The van der Waals surface area contributed by atoms with Gasteiger partial charge in [0, 0.05) is 44.5 Å². The molecule has 4 aliphatic heterocycles. The van der Waals surface area contributed by atoms with E-state index in [1.165, 1.54) is 61.5 Å². The van der Waals surface area contributed by atoms with E-state index in [4.69, 9.17) is 14.2 Å². The van der Waals surface area contributed by atoms with Crippen molar-refractivity contribution in [2.45, 2.75) is 193 Å². The number of ether oxygens (including phenoxy) is 3. The van der Waals surface area contributed by atoms with Crippen LogP contribution in [0.3, 0.4) is 0 Å². The first-order valence-corrected chi connectivity index (χ1v) is 28.9. The van der Waals surface area contributed by atoms with Crippen LogP contribution in [0, 0.1) is 29.6 Å². The summed E-state index contributed by atoms with van der Waals surface area (Å²) >= 11 is 1.53. The second-order valence-electron chi connectivity index (χ2n) is 23.0. The highest BCUT2D eigenvalue weighted by Crippen LogP contribution is 2.33. The fourth-order valence-corrected chi connectivity index (χ4v) is 12.1. The number of nitrogens with one attached hydrogen (secondary N) is 5. The number of urea groups is 1. The van der Waals surface area contributed by atoms with Gasteiger partial charge in [-0.25, -0.2) is 9.59 Å². The number of methoxy groups -OCH3 is 1. The van der Waals surface area contributed by atoms with E-state index in [0.717, 1.165) is 0 Å². The van der Waals surface area contributed by atoms with Crippen molar-refractivity contribution in [3.8, 4) is 5.75 Å². The summed E-state index contributed by atoms with van der Waals surface area (Å²) in [6.07, 6.45) is -4.13. The van der Waals surface area contributed by atoms with Crippen molar-refractivity contribution in [2.75, 3.05) is 33.5 Å². The summed E-state index contributed by atoms with van der Waals surface area (Å²) in [5.41, 5.74) is 0.587. The van der Waals surface area contributed by atoms with Gasteiger partial charge in [0.15, 0.2) is 11.9 Å². The minimum absolute atomic E-state index is 0.00571. The lowest BCUT2D eigenvalue weighted by molar-refractivity contribution is -0.163. The number of rotatable bonds is 15. The van der Waals surface area contributed by atoms with Crippen molar-refractivity contribution in [2.24, 2.45) is 29.6 Å². The SMILES string of the molecule is CC[C@H](C)C1NC(=O)[C@@H](NC(=O)[C@@H](CC(C)C)N(C)C(=O)CC2SCC3NC(=O)NC32)[C@@H](C)OC(=O)[C@H](Cc2ccc(OC)cc2)N(C)C(=O)[C@@H]2CCCN2C(=O)[C@H](CC(C)C)NC(=O)[C@@H](C)C(=O)[C@H](C(C)C)OC(=O)C[C@@H]1O. The monoisotopic (exact) mass is 1130 g/mol. The number of nitrogens with zero attached hydrogens (tertiary/aromatic N) is 3. The maximum Gasteiger partial charge on any atom is 0.329 e. The van der Waals surface area contributed by atoms with Gasteiger partial charge in [0.1, 0.15) is 42.1 Å². The number of hydrogen-bond donors (Lipinski definition) is 6. The first-order chi connectivity index (χ1) is 37.2. The molecule has 22 nitrogen and oxygen atoms in total. The number of aliphatic hydroxyl groups is 1. The van der Waals surface area contributed by atoms with E-state index in [2.05, 4.69) is 26.6 Å². The van der Waals surface area contributed by atoms with E-state index in [1.54, 1.807) is 52.0 Å². The van der Waals surface area contributed by atoms with Crippen LogP contribution in [0.15, 0.2) is 24.3 Å². The van der Waals surface area contributed by atoms with Crippen molar-refractivity contribution in [1.29, 1.82) is 0 Å². The topological polar surface area (TPSA) is 288 Å². The molecule has 4 unspecified atom stereocenters. The van der Waals surface area contributed by atoms with Crippen LogP contribution < -0.4 is 31.3 Å². The Bertz CT molecular complexity index is 2370. The molecule has 0 aliphatic carbocycles. The van der Waals surface area contributed by atoms with Crippen molar-refractivity contribution in [1.82, 2.24) is 41.3 Å². The first-order valence-electron chi connectivity index (χ1n) is 27.8. The van der Waals surface area contributed by atoms with Crippen LogP contribution in [0.4, 0.5) is 4.79 Å². The average Bonchev–Trinajstić information content (AvgIpc) is 4.14. The number of aliphatic hydroxyl groups excluding tert-OH is 1. The van der Waals surface area contributed by atoms with E-state index < -0.39 is 126 Å². The molecule has 4 aliphatic rings. The Morgan fingerprint density at radius 2 is 1.57 bits per heavy atom. The van der Waals surface area contributed by atoms with Crippen LogP contribution in [0.2, 0.25) is 0 Å². The predicted molar refractivity (Wildman–Crippen MR) is 294 cm³/mol. The van der Waals surface area contributed by atoms with Gasteiger partial charge in [0.25, 0.3) is 0 Å². The Morgan fingerprint density at radius 3 is 2.18 bits per heavy atom. The largest absolute Gasteiger partial charge is 0.497 e. The third kappa shape index (κ3) is 16.3. The standard InChI is InChI=1S/C56H86N8O14S/c1-14-31(8)45-41(65)25-44(67)78-49(30(6)7)48(68)32(9)50(69)57-36(22-28(2)3)53(72)64-21-15-16-38(64)54(73)63(12)40(24-34-17-19-35(76-13)20-18-34)55(74)77-33(10)46(52(71)59-45)60-51(70)39(23-29(4)5)62(11)43(66)26-42-47-37(27-79-42)58-56(75)61-47/h17-20,28-33,36-42,45-47,49,65H,14-16,21-27H2,1-13H3,(H,57,69)(H,59,71)(H,60,70)(H2,58,61,75)/t31-,32-,33+,36-,37?,38-,39+,40-,41-,42?,45?,46-,47?,49-/m0/s1. The Balaban J connectivity index is 1.59. The predicted octanol–water partition coefficient (Wildman–Crippen LogP) is 2.50. The summed E-state index contributed by atoms with van der Waals surface area (Å²) in [7, 11) is 4.40. The Labute approximate surface area is 469 Å². The van der Waals surface area contributed by atoms with Crippen molar-refractivity contribution in [3.05, 3.63) is 29.8 Å². The molecule has 6 N–H and O–H groups in total. The minimum Gasteiger partial charge on any atom is -0.497 e. The molecule has 4 saturated heterocycles. The summed E-state index contributed by atoms with van der Waals surface area (Å²) in [6.45, 7) is 17.1. The normalized spacial score (nSPS) is 29.7. The highest BCUT2D eigenvalue weighted by Gasteiger charge is 2.47. The smallest absolute Gasteiger partial charge is 0.329 e. The Kier molecular flexibility index (Phi) is 23.0. The summed E-state index contributed by atoms with van der Waals surface area (Å²) in [5.74, 6) is -8.52. The lowest BCUT2D eigenvalue weighted by atomic mass is 9.91. The van der Waals surface area contributed by atoms with E-state index in [0.29, 0.717) is 29.9 Å². The molecule has 0 saturated carbocycles. The van der Waals surface area contributed by atoms with Gasteiger partial charge in [-0.2, -0.15) is 11.8 Å². The molecule has 4 fully saturated rings. The number of benzene rings is 1. The van der Waals surface area contributed by atoms with Gasteiger partial charge in [-0.3, -0.25) is 38.4 Å². The molecule has 440 valence electrons. The number of carbonyl (C=O) groups excluding carboxylic acids is 10.